The average Bonchev–Trinajstić information content (AvgIpc) is 2.57. The summed E-state index contributed by atoms with van der Waals surface area (Å²) in [6, 6.07) is 6.91. The van der Waals surface area contributed by atoms with E-state index in [9.17, 15) is 15.0 Å². The van der Waals surface area contributed by atoms with E-state index in [4.69, 9.17) is 0 Å². The van der Waals surface area contributed by atoms with E-state index in [-0.39, 0.29) is 28.7 Å². The van der Waals surface area contributed by atoms with Crippen molar-refractivity contribution < 1.29 is 15.0 Å². The Hall–Kier alpha value is -1.99. The van der Waals surface area contributed by atoms with Crippen molar-refractivity contribution in [2.75, 3.05) is 6.54 Å². The number of aliphatic hydroxyl groups excluding tert-OH is 1. The number of aliphatic hydroxyl groups is 1. The Morgan fingerprint density at radius 3 is 2.58 bits per heavy atom. The van der Waals surface area contributed by atoms with Gasteiger partial charge in [-0.3, -0.25) is 14.8 Å². The number of phenols is 1. The van der Waals surface area contributed by atoms with Gasteiger partial charge in [-0.15, -0.1) is 0 Å². The van der Waals surface area contributed by atoms with Crippen LogP contribution in [0.5, 0.6) is 5.75 Å². The maximum absolute atomic E-state index is 12.4. The summed E-state index contributed by atoms with van der Waals surface area (Å²) in [5.41, 5.74) is 1.78. The maximum atomic E-state index is 12.4. The summed E-state index contributed by atoms with van der Waals surface area (Å²) in [6.45, 7) is 0.372. The molecule has 2 N–H and O–H groups in total. The average molecular weight is 452 g/mol. The van der Waals surface area contributed by atoms with Gasteiger partial charge in [0.25, 0.3) is 0 Å². The Morgan fingerprint density at radius 1 is 1.17 bits per heavy atom. The molecule has 2 aromatic rings. The lowest BCUT2D eigenvalue weighted by Gasteiger charge is -2.12. The van der Waals surface area contributed by atoms with E-state index in [1.807, 2.05) is 0 Å². The normalized spacial score (nSPS) is 15.3. The molecule has 0 saturated carbocycles. The summed E-state index contributed by atoms with van der Waals surface area (Å²) in [6.07, 6.45) is 3.46. The lowest BCUT2D eigenvalue weighted by Crippen LogP contribution is -2.21. The number of hydrogen-bond donors (Lipinski definition) is 2. The quantitative estimate of drug-likeness (QED) is 0.736. The second-order valence-electron chi connectivity index (χ2n) is 5.18. The van der Waals surface area contributed by atoms with Crippen molar-refractivity contribution in [3.63, 3.8) is 0 Å². The first-order valence-electron chi connectivity index (χ1n) is 7.09. The highest BCUT2D eigenvalue weighted by Crippen LogP contribution is 2.33. The highest BCUT2D eigenvalue weighted by molar-refractivity contribution is 9.11. The van der Waals surface area contributed by atoms with Crippen LogP contribution in [0.1, 0.15) is 21.6 Å². The molecule has 0 bridgehead atoms. The Morgan fingerprint density at radius 2 is 1.88 bits per heavy atom. The van der Waals surface area contributed by atoms with Crippen molar-refractivity contribution in [2.45, 2.75) is 6.42 Å². The van der Waals surface area contributed by atoms with E-state index >= 15 is 0 Å². The van der Waals surface area contributed by atoms with Crippen molar-refractivity contribution in [1.29, 1.82) is 0 Å². The van der Waals surface area contributed by atoms with Crippen molar-refractivity contribution in [1.82, 2.24) is 4.98 Å². The standard InChI is InChI=1S/C17H12Br2N2O3/c18-11-6-9(7-12(19)16(11)23)3-5-20-13-8-14(22)10-2-1-4-21-15(10)17(13)24/h1-2,4,6-8,22-23H,3,5H2/b20-13+. The van der Waals surface area contributed by atoms with Gasteiger partial charge in [0.05, 0.1) is 8.95 Å². The number of carbonyl (C=O) groups excluding carboxylic acids is 1. The van der Waals surface area contributed by atoms with Gasteiger partial charge in [-0.1, -0.05) is 0 Å². The number of hydrogen-bond acceptors (Lipinski definition) is 5. The maximum Gasteiger partial charge on any atom is 0.230 e. The molecule has 0 amide bonds. The van der Waals surface area contributed by atoms with E-state index in [1.54, 1.807) is 24.3 Å². The molecule has 1 aromatic heterocycles. The number of aromatic nitrogens is 1. The van der Waals surface area contributed by atoms with Crippen LogP contribution in [0.4, 0.5) is 0 Å². The number of benzene rings is 1. The molecule has 3 rings (SSSR count). The van der Waals surface area contributed by atoms with Crippen molar-refractivity contribution in [2.24, 2.45) is 4.99 Å². The zero-order valence-electron chi connectivity index (χ0n) is 12.3. The van der Waals surface area contributed by atoms with Gasteiger partial charge >= 0.3 is 0 Å². The Kier molecular flexibility index (Phi) is 4.82. The topological polar surface area (TPSA) is 82.8 Å². The molecule has 1 aromatic carbocycles. The molecule has 24 heavy (non-hydrogen) atoms. The zero-order chi connectivity index (χ0) is 17.3. The molecule has 5 nitrogen and oxygen atoms in total. The van der Waals surface area contributed by atoms with E-state index in [2.05, 4.69) is 41.8 Å². The van der Waals surface area contributed by atoms with E-state index in [0.717, 1.165) is 5.56 Å². The third-order valence-corrected chi connectivity index (χ3v) is 4.77. The molecule has 0 atom stereocenters. The summed E-state index contributed by atoms with van der Waals surface area (Å²) in [5, 5.41) is 19.7. The number of allylic oxidation sites excluding steroid dienone is 1. The molecular weight excluding hydrogens is 440 g/mol. The summed E-state index contributed by atoms with van der Waals surface area (Å²) in [5.74, 6) is -0.161. The molecule has 0 spiro atoms. The first-order valence-corrected chi connectivity index (χ1v) is 8.68. The number of ketones is 1. The van der Waals surface area contributed by atoms with Crippen LogP contribution < -0.4 is 0 Å². The van der Waals surface area contributed by atoms with E-state index < -0.39 is 0 Å². The Balaban J connectivity index is 1.79. The summed E-state index contributed by atoms with van der Waals surface area (Å²) in [4.78, 5) is 20.7. The third-order valence-electron chi connectivity index (χ3n) is 3.56. The first-order chi connectivity index (χ1) is 11.5. The fourth-order valence-corrected chi connectivity index (χ4v) is 3.65. The molecule has 122 valence electrons. The van der Waals surface area contributed by atoms with Crippen LogP contribution in [-0.4, -0.2) is 33.2 Å². The van der Waals surface area contributed by atoms with Gasteiger partial charge in [0.1, 0.15) is 22.9 Å². The highest BCUT2D eigenvalue weighted by Gasteiger charge is 2.24. The number of aliphatic imine (C=N–C) groups is 1. The fraction of sp³-hybridized carbons (Fsp3) is 0.118. The number of pyridine rings is 1. The molecular formula is C17H12Br2N2O3. The lowest BCUT2D eigenvalue weighted by atomic mass is 9.98. The fourth-order valence-electron chi connectivity index (χ4n) is 2.37. The summed E-state index contributed by atoms with van der Waals surface area (Å²) in [7, 11) is 0. The lowest BCUT2D eigenvalue weighted by molar-refractivity contribution is 0.106. The van der Waals surface area contributed by atoms with Gasteiger partial charge in [-0.05, 0) is 68.1 Å². The molecule has 0 fully saturated rings. The SMILES string of the molecule is O=C1/C(=N/CCc2cc(Br)c(O)c(Br)c2)C=C(O)c2cccnc21. The Bertz CT molecular complexity index is 868. The zero-order valence-corrected chi connectivity index (χ0v) is 15.5. The molecule has 0 unspecified atom stereocenters. The number of phenolic OH excluding ortho intramolecular Hbond substituents is 1. The second-order valence-corrected chi connectivity index (χ2v) is 6.89. The number of carbonyl (C=O) groups is 1. The van der Waals surface area contributed by atoms with E-state index in [1.165, 1.54) is 12.3 Å². The number of rotatable bonds is 3. The molecule has 0 saturated heterocycles. The minimum atomic E-state index is -0.295. The van der Waals surface area contributed by atoms with Gasteiger partial charge in [0.15, 0.2) is 0 Å². The van der Waals surface area contributed by atoms with Gasteiger partial charge in [0.2, 0.25) is 5.78 Å². The molecule has 0 radical (unpaired) electrons. The predicted molar refractivity (Wildman–Crippen MR) is 98.7 cm³/mol. The van der Waals surface area contributed by atoms with Crippen molar-refractivity contribution >= 4 is 49.1 Å². The largest absolute Gasteiger partial charge is 0.507 e. The Labute approximate surface area is 155 Å². The van der Waals surface area contributed by atoms with Crippen LogP contribution in [0.25, 0.3) is 5.76 Å². The molecule has 1 heterocycles. The molecule has 0 aliphatic heterocycles. The smallest absolute Gasteiger partial charge is 0.230 e. The molecule has 1 aliphatic rings. The van der Waals surface area contributed by atoms with Crippen molar-refractivity contribution in [3.05, 3.63) is 62.3 Å². The number of aromatic hydroxyl groups is 1. The van der Waals surface area contributed by atoms with Crippen LogP contribution in [0.2, 0.25) is 0 Å². The monoisotopic (exact) mass is 450 g/mol. The summed E-state index contributed by atoms with van der Waals surface area (Å²) >= 11 is 6.56. The van der Waals surface area contributed by atoms with Crippen molar-refractivity contribution in [3.8, 4) is 5.75 Å². The highest BCUT2D eigenvalue weighted by atomic mass is 79.9. The number of Topliss-reactive ketones (excluding diaryl/α,β-unsaturated/α-hetero) is 1. The van der Waals surface area contributed by atoms with Crippen LogP contribution in [-0.2, 0) is 6.42 Å². The number of fused-ring (bicyclic) bond motifs is 1. The minimum Gasteiger partial charge on any atom is -0.507 e. The van der Waals surface area contributed by atoms with E-state index in [0.29, 0.717) is 27.5 Å². The van der Waals surface area contributed by atoms with Gasteiger partial charge < -0.3 is 10.2 Å². The number of halogens is 2. The molecule has 7 heteroatoms. The second kappa shape index (κ2) is 6.86. The van der Waals surface area contributed by atoms with Crippen LogP contribution in [0, 0.1) is 0 Å². The third kappa shape index (κ3) is 3.27. The van der Waals surface area contributed by atoms with Gasteiger partial charge in [0, 0.05) is 24.4 Å². The number of nitrogens with zero attached hydrogens (tertiary/aromatic N) is 2. The van der Waals surface area contributed by atoms with Gasteiger partial charge in [-0.25, -0.2) is 0 Å². The van der Waals surface area contributed by atoms with Crippen LogP contribution in [0.3, 0.4) is 0 Å². The predicted octanol–water partition coefficient (Wildman–Crippen LogP) is 4.09. The minimum absolute atomic E-state index is 0.00780. The summed E-state index contributed by atoms with van der Waals surface area (Å²) < 4.78 is 1.17. The van der Waals surface area contributed by atoms with Crippen LogP contribution >= 0.6 is 31.9 Å². The van der Waals surface area contributed by atoms with Crippen LogP contribution in [0.15, 0.2) is 50.5 Å². The molecule has 1 aliphatic carbocycles. The first kappa shape index (κ1) is 16.9. The van der Waals surface area contributed by atoms with Gasteiger partial charge in [-0.2, -0.15) is 0 Å².